The molecule has 266 valence electrons. The number of para-hydroxylation sites is 2. The highest BCUT2D eigenvalue weighted by atomic mass is 32.1. The first-order chi connectivity index (χ1) is 28.3. The van der Waals surface area contributed by atoms with E-state index in [1.807, 2.05) is 23.5 Å². The van der Waals surface area contributed by atoms with E-state index < -0.39 is 0 Å². The van der Waals surface area contributed by atoms with E-state index in [-0.39, 0.29) is 0 Å². The Kier molecular flexibility index (Phi) is 7.06. The molecule has 0 atom stereocenters. The maximum Gasteiger partial charge on any atom is 0.235 e. The first-order valence-corrected chi connectivity index (χ1v) is 20.1. The summed E-state index contributed by atoms with van der Waals surface area (Å²) in [5, 5.41) is 7.51. The van der Waals surface area contributed by atoms with Gasteiger partial charge in [-0.2, -0.15) is 0 Å². The van der Waals surface area contributed by atoms with Crippen LogP contribution in [0.4, 0.5) is 0 Å². The second-order valence-electron chi connectivity index (χ2n) is 14.6. The number of hydrogen-bond acceptors (Lipinski definition) is 3. The summed E-state index contributed by atoms with van der Waals surface area (Å²) in [7, 11) is 0. The van der Waals surface area contributed by atoms with Crippen LogP contribution in [0.5, 0.6) is 0 Å². The molecule has 4 heterocycles. The summed E-state index contributed by atoms with van der Waals surface area (Å²) in [4.78, 5) is 10.5. The summed E-state index contributed by atoms with van der Waals surface area (Å²) in [6, 6.07) is 69.4. The fourth-order valence-electron chi connectivity index (χ4n) is 8.74. The molecular weight excluding hydrogens is 713 g/mol. The highest BCUT2D eigenvalue weighted by Gasteiger charge is 2.20. The van der Waals surface area contributed by atoms with Crippen molar-refractivity contribution in [3.63, 3.8) is 0 Å². The summed E-state index contributed by atoms with van der Waals surface area (Å²) in [6.07, 6.45) is 0. The second-order valence-corrected chi connectivity index (χ2v) is 15.6. The van der Waals surface area contributed by atoms with Gasteiger partial charge in [-0.25, -0.2) is 9.97 Å². The number of thiophene rings is 1. The molecule has 0 bridgehead atoms. The quantitative estimate of drug-likeness (QED) is 0.176. The minimum absolute atomic E-state index is 0.650. The number of rotatable bonds is 5. The largest absolute Gasteiger partial charge is 0.309 e. The highest BCUT2D eigenvalue weighted by Crippen LogP contribution is 2.44. The minimum Gasteiger partial charge on any atom is -0.309 e. The van der Waals surface area contributed by atoms with Crippen LogP contribution in [0.2, 0.25) is 0 Å². The molecule has 4 aromatic heterocycles. The zero-order valence-electron chi connectivity index (χ0n) is 30.7. The van der Waals surface area contributed by atoms with Gasteiger partial charge in [-0.05, 0) is 71.8 Å². The third kappa shape index (κ3) is 4.99. The molecule has 5 heteroatoms. The zero-order valence-corrected chi connectivity index (χ0v) is 31.5. The number of aromatic nitrogens is 4. The van der Waals surface area contributed by atoms with Crippen molar-refractivity contribution in [3.05, 3.63) is 194 Å². The predicted molar refractivity (Wildman–Crippen MR) is 240 cm³/mol. The number of benzene rings is 8. The van der Waals surface area contributed by atoms with Crippen LogP contribution in [-0.2, 0) is 0 Å². The average molecular weight is 745 g/mol. The predicted octanol–water partition coefficient (Wildman–Crippen LogP) is 14.0. The molecule has 0 aliphatic carbocycles. The third-order valence-electron chi connectivity index (χ3n) is 11.3. The van der Waals surface area contributed by atoms with Crippen LogP contribution in [0.25, 0.3) is 109 Å². The van der Waals surface area contributed by atoms with Gasteiger partial charge in [-0.3, -0.25) is 4.57 Å². The lowest BCUT2D eigenvalue weighted by atomic mass is 10.00. The van der Waals surface area contributed by atoms with Gasteiger partial charge in [-0.1, -0.05) is 133 Å². The number of nitrogens with zero attached hydrogens (tertiary/aromatic N) is 4. The molecule has 4 nitrogen and oxygen atoms in total. The molecule has 0 N–H and O–H groups in total. The molecule has 12 rings (SSSR count). The number of hydrogen-bond donors (Lipinski definition) is 0. The van der Waals surface area contributed by atoms with Crippen molar-refractivity contribution >= 4 is 75.1 Å². The highest BCUT2D eigenvalue weighted by molar-refractivity contribution is 7.26. The SMILES string of the molecule is c1ccc(-c2cc(-c3ccccc3)nc(-n3c4ccccc4c4cc(-c5ccc6c(c5)c5c7sc8ccccc8c7ccc5n6-c5ccccc5)ccc43)n2)cc1. The summed E-state index contributed by atoms with van der Waals surface area (Å²) < 4.78 is 7.29. The molecule has 0 fully saturated rings. The molecule has 0 amide bonds. The van der Waals surface area contributed by atoms with Crippen LogP contribution >= 0.6 is 11.3 Å². The van der Waals surface area contributed by atoms with E-state index in [1.165, 1.54) is 53.1 Å². The van der Waals surface area contributed by atoms with Gasteiger partial charge in [0.1, 0.15) is 0 Å². The fourth-order valence-corrected chi connectivity index (χ4v) is 10.00. The Balaban J connectivity index is 1.08. The summed E-state index contributed by atoms with van der Waals surface area (Å²) in [6.45, 7) is 0. The van der Waals surface area contributed by atoms with Crippen molar-refractivity contribution in [2.75, 3.05) is 0 Å². The fraction of sp³-hybridized carbons (Fsp3) is 0. The van der Waals surface area contributed by atoms with E-state index in [4.69, 9.17) is 9.97 Å². The van der Waals surface area contributed by atoms with E-state index >= 15 is 0 Å². The van der Waals surface area contributed by atoms with Crippen molar-refractivity contribution in [2.24, 2.45) is 0 Å². The normalized spacial score (nSPS) is 11.9. The maximum absolute atomic E-state index is 5.23. The van der Waals surface area contributed by atoms with Crippen LogP contribution < -0.4 is 0 Å². The smallest absolute Gasteiger partial charge is 0.235 e. The Labute approximate surface area is 332 Å². The van der Waals surface area contributed by atoms with Crippen molar-refractivity contribution in [3.8, 4) is 45.3 Å². The second kappa shape index (κ2) is 12.6. The first-order valence-electron chi connectivity index (χ1n) is 19.2. The Morgan fingerprint density at radius 1 is 0.351 bits per heavy atom. The summed E-state index contributed by atoms with van der Waals surface area (Å²) in [5.41, 5.74) is 12.0. The van der Waals surface area contributed by atoms with Crippen LogP contribution in [0.3, 0.4) is 0 Å². The van der Waals surface area contributed by atoms with Crippen molar-refractivity contribution in [1.29, 1.82) is 0 Å². The summed E-state index contributed by atoms with van der Waals surface area (Å²) >= 11 is 1.89. The molecule has 57 heavy (non-hydrogen) atoms. The van der Waals surface area contributed by atoms with Crippen LogP contribution in [0, 0.1) is 0 Å². The molecule has 12 aromatic rings. The van der Waals surface area contributed by atoms with Crippen LogP contribution in [0.1, 0.15) is 0 Å². The molecule has 8 aromatic carbocycles. The van der Waals surface area contributed by atoms with Gasteiger partial charge in [0.05, 0.1) is 33.5 Å². The van der Waals surface area contributed by atoms with Gasteiger partial charge in [-0.15, -0.1) is 11.3 Å². The monoisotopic (exact) mass is 744 g/mol. The standard InChI is InChI=1S/C52H32N4S/c1-4-14-33(15-5-1)43-32-44(34-16-6-2-7-17-34)54-52(53-43)56-45-22-12-10-20-38(45)41-30-35(24-27-46(41)56)36-25-28-47-42(31-36)50-48(55(47)37-18-8-3-9-19-37)29-26-40-39-21-11-13-23-49(39)57-51(40)50/h1-32H. The Hall–Kier alpha value is -7.34. The lowest BCUT2D eigenvalue weighted by Crippen LogP contribution is -2.03. The van der Waals surface area contributed by atoms with Gasteiger partial charge in [0.15, 0.2) is 0 Å². The van der Waals surface area contributed by atoms with Gasteiger partial charge >= 0.3 is 0 Å². The van der Waals surface area contributed by atoms with Gasteiger partial charge in [0.2, 0.25) is 5.95 Å². The lowest BCUT2D eigenvalue weighted by Gasteiger charge is -2.12. The van der Waals surface area contributed by atoms with E-state index in [1.54, 1.807) is 0 Å². The Bertz CT molecular complexity index is 3450. The van der Waals surface area contributed by atoms with Gasteiger partial charge < -0.3 is 4.57 Å². The lowest BCUT2D eigenvalue weighted by molar-refractivity contribution is 0.995. The molecule has 0 aliphatic rings. The van der Waals surface area contributed by atoms with Crippen LogP contribution in [-0.4, -0.2) is 19.1 Å². The van der Waals surface area contributed by atoms with E-state index in [2.05, 4.69) is 191 Å². The molecule has 0 aliphatic heterocycles. The molecule has 0 unspecified atom stereocenters. The van der Waals surface area contributed by atoms with Crippen molar-refractivity contribution in [1.82, 2.24) is 19.1 Å². The van der Waals surface area contributed by atoms with Crippen LogP contribution in [0.15, 0.2) is 194 Å². The zero-order chi connectivity index (χ0) is 37.5. The Morgan fingerprint density at radius 2 is 0.895 bits per heavy atom. The minimum atomic E-state index is 0.650. The third-order valence-corrected chi connectivity index (χ3v) is 12.6. The molecular formula is C52H32N4S. The van der Waals surface area contributed by atoms with Gasteiger partial charge in [0.25, 0.3) is 0 Å². The van der Waals surface area contributed by atoms with E-state index in [0.717, 1.165) is 50.0 Å². The molecule has 0 radical (unpaired) electrons. The molecule has 0 saturated carbocycles. The molecule has 0 spiro atoms. The Morgan fingerprint density at radius 3 is 1.60 bits per heavy atom. The maximum atomic E-state index is 5.23. The molecule has 0 saturated heterocycles. The van der Waals surface area contributed by atoms with Gasteiger partial charge in [0, 0.05) is 58.5 Å². The number of fused-ring (bicyclic) bond motifs is 10. The first kappa shape index (κ1) is 32.0. The van der Waals surface area contributed by atoms with E-state index in [0.29, 0.717) is 5.95 Å². The summed E-state index contributed by atoms with van der Waals surface area (Å²) in [5.74, 6) is 0.650. The topological polar surface area (TPSA) is 35.6 Å². The van der Waals surface area contributed by atoms with E-state index in [9.17, 15) is 0 Å². The van der Waals surface area contributed by atoms with Crippen molar-refractivity contribution < 1.29 is 0 Å². The average Bonchev–Trinajstić information content (AvgIpc) is 3.94. The van der Waals surface area contributed by atoms with Crippen molar-refractivity contribution in [2.45, 2.75) is 0 Å².